The lowest BCUT2D eigenvalue weighted by molar-refractivity contribution is -0.137. The van der Waals surface area contributed by atoms with Gasteiger partial charge >= 0.3 is 0 Å². The molecule has 0 fully saturated rings. The van der Waals surface area contributed by atoms with Gasteiger partial charge in [-0.05, 0) is 41.0 Å². The topological polar surface area (TPSA) is 46.6 Å². The van der Waals surface area contributed by atoms with Crippen LogP contribution in [0.1, 0.15) is 16.7 Å². The maximum Gasteiger partial charge on any atom is 0.268 e. The van der Waals surface area contributed by atoms with Gasteiger partial charge < -0.3 is 4.74 Å². The van der Waals surface area contributed by atoms with Gasteiger partial charge in [-0.25, -0.2) is 4.39 Å². The summed E-state index contributed by atoms with van der Waals surface area (Å²) < 4.78 is 18.6. The number of benzene rings is 3. The smallest absolute Gasteiger partial charge is 0.268 e. The lowest BCUT2D eigenvalue weighted by atomic mass is 10.1. The Morgan fingerprint density at radius 1 is 0.839 bits per heavy atom. The second-order valence-corrected chi connectivity index (χ2v) is 8.02. The highest BCUT2D eigenvalue weighted by atomic mass is 32.2. The SMILES string of the molecule is COc1ccc(CN2C(=O)C(SCc3ccccc3)=C(c3ccc(F)cc3)C2=O)cc1. The summed E-state index contributed by atoms with van der Waals surface area (Å²) in [6.07, 6.45) is 0. The third kappa shape index (κ3) is 4.54. The lowest BCUT2D eigenvalue weighted by Gasteiger charge is -2.15. The van der Waals surface area contributed by atoms with Crippen molar-refractivity contribution < 1.29 is 18.7 Å². The van der Waals surface area contributed by atoms with E-state index in [1.54, 1.807) is 19.2 Å². The molecule has 1 aliphatic rings. The molecule has 0 spiro atoms. The second-order valence-electron chi connectivity index (χ2n) is 7.03. The van der Waals surface area contributed by atoms with Gasteiger partial charge in [-0.1, -0.05) is 54.6 Å². The summed E-state index contributed by atoms with van der Waals surface area (Å²) in [6, 6.07) is 22.6. The molecule has 0 aliphatic carbocycles. The molecule has 0 N–H and O–H groups in total. The van der Waals surface area contributed by atoms with E-state index in [4.69, 9.17) is 4.74 Å². The number of imide groups is 1. The van der Waals surface area contributed by atoms with E-state index in [2.05, 4.69) is 0 Å². The first kappa shape index (κ1) is 20.9. The van der Waals surface area contributed by atoms with Gasteiger partial charge in [-0.2, -0.15) is 0 Å². The van der Waals surface area contributed by atoms with Gasteiger partial charge in [0.1, 0.15) is 11.6 Å². The predicted molar refractivity (Wildman–Crippen MR) is 120 cm³/mol. The highest BCUT2D eigenvalue weighted by Gasteiger charge is 2.39. The van der Waals surface area contributed by atoms with E-state index in [0.717, 1.165) is 11.1 Å². The van der Waals surface area contributed by atoms with E-state index < -0.39 is 5.82 Å². The molecule has 3 aromatic carbocycles. The number of nitrogens with zero attached hydrogens (tertiary/aromatic N) is 1. The molecule has 0 bridgehead atoms. The van der Waals surface area contributed by atoms with Crippen LogP contribution < -0.4 is 4.74 Å². The first-order chi connectivity index (χ1) is 15.1. The van der Waals surface area contributed by atoms with Crippen LogP contribution in [0.3, 0.4) is 0 Å². The molecule has 0 unspecified atom stereocenters. The van der Waals surface area contributed by atoms with E-state index in [0.29, 0.717) is 27.5 Å². The largest absolute Gasteiger partial charge is 0.497 e. The molecule has 4 nitrogen and oxygen atoms in total. The summed E-state index contributed by atoms with van der Waals surface area (Å²) in [5, 5.41) is 0. The van der Waals surface area contributed by atoms with Gasteiger partial charge in [-0.15, -0.1) is 11.8 Å². The Kier molecular flexibility index (Phi) is 6.18. The van der Waals surface area contributed by atoms with Crippen molar-refractivity contribution in [3.05, 3.63) is 106 Å². The van der Waals surface area contributed by atoms with Crippen LogP contribution >= 0.6 is 11.8 Å². The van der Waals surface area contributed by atoms with Gasteiger partial charge in [0.15, 0.2) is 0 Å². The van der Waals surface area contributed by atoms with Crippen molar-refractivity contribution in [3.63, 3.8) is 0 Å². The predicted octanol–water partition coefficient (Wildman–Crippen LogP) is 5.05. The quantitative estimate of drug-likeness (QED) is 0.490. The molecule has 0 atom stereocenters. The van der Waals surface area contributed by atoms with Crippen molar-refractivity contribution in [1.82, 2.24) is 4.90 Å². The zero-order valence-corrected chi connectivity index (χ0v) is 17.7. The van der Waals surface area contributed by atoms with Crippen LogP contribution in [0.15, 0.2) is 83.8 Å². The molecule has 31 heavy (non-hydrogen) atoms. The molecule has 2 amide bonds. The fourth-order valence-electron chi connectivity index (χ4n) is 3.35. The first-order valence-corrected chi connectivity index (χ1v) is 10.7. The average molecular weight is 434 g/mol. The van der Waals surface area contributed by atoms with Crippen molar-refractivity contribution in [2.24, 2.45) is 0 Å². The number of methoxy groups -OCH3 is 1. The number of amides is 2. The Morgan fingerprint density at radius 3 is 2.16 bits per heavy atom. The van der Waals surface area contributed by atoms with Gasteiger partial charge in [-0.3, -0.25) is 14.5 Å². The number of hydrogen-bond donors (Lipinski definition) is 0. The number of hydrogen-bond acceptors (Lipinski definition) is 4. The summed E-state index contributed by atoms with van der Waals surface area (Å²) in [4.78, 5) is 28.1. The third-order valence-corrected chi connectivity index (χ3v) is 6.13. The molecule has 6 heteroatoms. The van der Waals surface area contributed by atoms with Crippen LogP contribution in [0.25, 0.3) is 5.57 Å². The second kappa shape index (κ2) is 9.18. The lowest BCUT2D eigenvalue weighted by Crippen LogP contribution is -2.30. The van der Waals surface area contributed by atoms with Gasteiger partial charge in [0.2, 0.25) is 0 Å². The normalized spacial score (nSPS) is 13.8. The van der Waals surface area contributed by atoms with E-state index in [1.165, 1.54) is 40.9 Å². The standard InChI is InChI=1S/C25H20FNO3S/c1-30-21-13-7-17(8-14-21)15-27-24(28)22(19-9-11-20(26)12-10-19)23(25(27)29)31-16-18-5-3-2-4-6-18/h2-14H,15-16H2,1H3. The molecule has 0 radical (unpaired) electrons. The number of thioether (sulfide) groups is 1. The maximum atomic E-state index is 13.4. The summed E-state index contributed by atoms with van der Waals surface area (Å²) in [5.41, 5.74) is 2.72. The van der Waals surface area contributed by atoms with Crippen LogP contribution in [0.2, 0.25) is 0 Å². The van der Waals surface area contributed by atoms with E-state index in [-0.39, 0.29) is 18.4 Å². The average Bonchev–Trinajstić information content (AvgIpc) is 3.03. The molecule has 0 aromatic heterocycles. The van der Waals surface area contributed by atoms with Crippen LogP contribution in [-0.2, 0) is 21.9 Å². The molecule has 156 valence electrons. The summed E-state index contributed by atoms with van der Waals surface area (Å²) >= 11 is 1.33. The molecule has 4 rings (SSSR count). The zero-order chi connectivity index (χ0) is 21.8. The number of rotatable bonds is 7. The monoisotopic (exact) mass is 433 g/mol. The minimum atomic E-state index is -0.394. The van der Waals surface area contributed by atoms with Crippen molar-refractivity contribution in [2.75, 3.05) is 7.11 Å². The van der Waals surface area contributed by atoms with E-state index in [1.807, 2.05) is 42.5 Å². The zero-order valence-electron chi connectivity index (χ0n) is 16.9. The molecule has 1 heterocycles. The Hall–Kier alpha value is -3.38. The highest BCUT2D eigenvalue weighted by molar-refractivity contribution is 8.03. The van der Waals surface area contributed by atoms with Gasteiger partial charge in [0.25, 0.3) is 11.8 Å². The molecule has 1 aliphatic heterocycles. The maximum absolute atomic E-state index is 13.4. The number of carbonyl (C=O) groups excluding carboxylic acids is 2. The Morgan fingerprint density at radius 2 is 1.52 bits per heavy atom. The molecule has 3 aromatic rings. The third-order valence-electron chi connectivity index (χ3n) is 4.98. The fraction of sp³-hybridized carbons (Fsp3) is 0.120. The Balaban J connectivity index is 1.64. The van der Waals surface area contributed by atoms with Crippen molar-refractivity contribution in [2.45, 2.75) is 12.3 Å². The number of ether oxygens (including phenoxy) is 1. The van der Waals surface area contributed by atoms with Crippen LogP contribution in [0.4, 0.5) is 4.39 Å². The Labute approximate surface area is 184 Å². The van der Waals surface area contributed by atoms with Crippen molar-refractivity contribution >= 4 is 29.1 Å². The van der Waals surface area contributed by atoms with Crippen LogP contribution in [-0.4, -0.2) is 23.8 Å². The molecular formula is C25H20FNO3S. The minimum absolute atomic E-state index is 0.155. The molecular weight excluding hydrogens is 413 g/mol. The van der Waals surface area contributed by atoms with Crippen LogP contribution in [0, 0.1) is 5.82 Å². The van der Waals surface area contributed by atoms with Gasteiger partial charge in [0, 0.05) is 5.75 Å². The van der Waals surface area contributed by atoms with E-state index in [9.17, 15) is 14.0 Å². The molecule has 0 saturated heterocycles. The first-order valence-electron chi connectivity index (χ1n) is 9.73. The highest BCUT2D eigenvalue weighted by Crippen LogP contribution is 2.38. The van der Waals surface area contributed by atoms with Gasteiger partial charge in [0.05, 0.1) is 24.1 Å². The summed E-state index contributed by atoms with van der Waals surface area (Å²) in [7, 11) is 1.58. The van der Waals surface area contributed by atoms with E-state index >= 15 is 0 Å². The Bertz CT molecular complexity index is 1130. The fourth-order valence-corrected chi connectivity index (χ4v) is 4.43. The minimum Gasteiger partial charge on any atom is -0.497 e. The van der Waals surface area contributed by atoms with Crippen LogP contribution in [0.5, 0.6) is 5.75 Å². The summed E-state index contributed by atoms with van der Waals surface area (Å²) in [5.74, 6) is 0.154. The van der Waals surface area contributed by atoms with Crippen molar-refractivity contribution in [1.29, 1.82) is 0 Å². The number of carbonyl (C=O) groups is 2. The van der Waals surface area contributed by atoms with Crippen molar-refractivity contribution in [3.8, 4) is 5.75 Å². The summed E-state index contributed by atoms with van der Waals surface area (Å²) in [6.45, 7) is 0.155. The molecule has 0 saturated carbocycles. The number of halogens is 1.